The number of hydrogen-bond donors (Lipinski definition) is 2. The second-order valence-corrected chi connectivity index (χ2v) is 2.91. The Balaban J connectivity index is 2.96. The van der Waals surface area contributed by atoms with Gasteiger partial charge in [0.25, 0.3) is 0 Å². The van der Waals surface area contributed by atoms with E-state index in [1.807, 2.05) is 24.3 Å². The standard InChI is InChI=1S/C11H15N3/c1-14-8-11(7-13)10-4-2-9(6-12)3-5-10/h2-5,7-8H,6,12-13H2,1H3/b11-7+,14-8?. The third kappa shape index (κ3) is 2.44. The molecule has 0 bridgehead atoms. The number of rotatable bonds is 3. The summed E-state index contributed by atoms with van der Waals surface area (Å²) in [6.45, 7) is 0.559. The van der Waals surface area contributed by atoms with E-state index in [1.165, 1.54) is 0 Å². The fourth-order valence-electron chi connectivity index (χ4n) is 1.19. The maximum atomic E-state index is 5.50. The predicted molar refractivity (Wildman–Crippen MR) is 60.9 cm³/mol. The lowest BCUT2D eigenvalue weighted by molar-refractivity contribution is 1.07. The first-order valence-corrected chi connectivity index (χ1v) is 4.45. The van der Waals surface area contributed by atoms with E-state index >= 15 is 0 Å². The van der Waals surface area contributed by atoms with Gasteiger partial charge in [0.15, 0.2) is 0 Å². The van der Waals surface area contributed by atoms with Crippen LogP contribution in [0.1, 0.15) is 11.1 Å². The molecule has 0 atom stereocenters. The number of aliphatic imine (C=N–C) groups is 1. The van der Waals surface area contributed by atoms with E-state index in [1.54, 1.807) is 19.5 Å². The lowest BCUT2D eigenvalue weighted by Crippen LogP contribution is -1.97. The molecule has 74 valence electrons. The van der Waals surface area contributed by atoms with E-state index in [2.05, 4.69) is 4.99 Å². The van der Waals surface area contributed by atoms with Crippen molar-refractivity contribution in [1.29, 1.82) is 0 Å². The number of benzene rings is 1. The van der Waals surface area contributed by atoms with Gasteiger partial charge in [0.2, 0.25) is 0 Å². The fraction of sp³-hybridized carbons (Fsp3) is 0.182. The average molecular weight is 189 g/mol. The largest absolute Gasteiger partial charge is 0.404 e. The van der Waals surface area contributed by atoms with Gasteiger partial charge in [0.05, 0.1) is 0 Å². The summed E-state index contributed by atoms with van der Waals surface area (Å²) in [5, 5.41) is 0. The Morgan fingerprint density at radius 3 is 2.43 bits per heavy atom. The van der Waals surface area contributed by atoms with Gasteiger partial charge >= 0.3 is 0 Å². The van der Waals surface area contributed by atoms with Crippen molar-refractivity contribution in [2.75, 3.05) is 7.05 Å². The molecule has 0 saturated carbocycles. The molecule has 1 aromatic rings. The Bertz CT molecular complexity index is 336. The van der Waals surface area contributed by atoms with Crippen LogP contribution in [0.15, 0.2) is 35.5 Å². The molecule has 0 unspecified atom stereocenters. The zero-order chi connectivity index (χ0) is 10.4. The molecule has 0 radical (unpaired) electrons. The second kappa shape index (κ2) is 5.19. The van der Waals surface area contributed by atoms with Crippen LogP contribution in [-0.4, -0.2) is 13.3 Å². The molecule has 0 spiro atoms. The van der Waals surface area contributed by atoms with Gasteiger partial charge in [-0.25, -0.2) is 0 Å². The molecule has 3 nitrogen and oxygen atoms in total. The Morgan fingerprint density at radius 1 is 1.36 bits per heavy atom. The van der Waals surface area contributed by atoms with Gasteiger partial charge < -0.3 is 11.5 Å². The van der Waals surface area contributed by atoms with Crippen LogP contribution >= 0.6 is 0 Å². The molecule has 14 heavy (non-hydrogen) atoms. The lowest BCUT2D eigenvalue weighted by atomic mass is 10.1. The minimum Gasteiger partial charge on any atom is -0.404 e. The van der Waals surface area contributed by atoms with Crippen LogP contribution in [0.2, 0.25) is 0 Å². The summed E-state index contributed by atoms with van der Waals surface area (Å²) in [4.78, 5) is 3.93. The summed E-state index contributed by atoms with van der Waals surface area (Å²) in [5.41, 5.74) is 14.1. The number of nitrogens with zero attached hydrogens (tertiary/aromatic N) is 1. The molecular weight excluding hydrogens is 174 g/mol. The van der Waals surface area contributed by atoms with E-state index in [0.29, 0.717) is 6.54 Å². The Hall–Kier alpha value is -1.61. The van der Waals surface area contributed by atoms with Gasteiger partial charge in [-0.3, -0.25) is 4.99 Å². The van der Waals surface area contributed by atoms with Crippen LogP contribution < -0.4 is 11.5 Å². The van der Waals surface area contributed by atoms with Crippen LogP contribution in [-0.2, 0) is 6.54 Å². The predicted octanol–water partition coefficient (Wildman–Crippen LogP) is 1.15. The maximum absolute atomic E-state index is 5.50. The first kappa shape index (κ1) is 10.5. The van der Waals surface area contributed by atoms with Crippen LogP contribution in [0.4, 0.5) is 0 Å². The Labute approximate surface area is 84.1 Å². The van der Waals surface area contributed by atoms with Gasteiger partial charge in [-0.1, -0.05) is 24.3 Å². The third-order valence-corrected chi connectivity index (χ3v) is 1.97. The molecule has 3 heteroatoms. The second-order valence-electron chi connectivity index (χ2n) is 2.91. The van der Waals surface area contributed by atoms with Crippen molar-refractivity contribution in [1.82, 2.24) is 0 Å². The van der Waals surface area contributed by atoms with Gasteiger partial charge in [-0.2, -0.15) is 0 Å². The average Bonchev–Trinajstić information content (AvgIpc) is 2.26. The van der Waals surface area contributed by atoms with Crippen LogP contribution in [0.5, 0.6) is 0 Å². The molecule has 4 N–H and O–H groups in total. The van der Waals surface area contributed by atoms with Crippen LogP contribution in [0, 0.1) is 0 Å². The van der Waals surface area contributed by atoms with Crippen LogP contribution in [0.3, 0.4) is 0 Å². The molecule has 0 heterocycles. The minimum absolute atomic E-state index is 0.559. The first-order chi connectivity index (χ1) is 6.81. The molecule has 1 aromatic carbocycles. The van der Waals surface area contributed by atoms with E-state index < -0.39 is 0 Å². The summed E-state index contributed by atoms with van der Waals surface area (Å²) >= 11 is 0. The highest BCUT2D eigenvalue weighted by Crippen LogP contribution is 2.12. The summed E-state index contributed by atoms with van der Waals surface area (Å²) in [6, 6.07) is 7.95. The summed E-state index contributed by atoms with van der Waals surface area (Å²) in [5.74, 6) is 0. The monoisotopic (exact) mass is 189 g/mol. The van der Waals surface area contributed by atoms with E-state index in [4.69, 9.17) is 11.5 Å². The van der Waals surface area contributed by atoms with Crippen molar-refractivity contribution >= 4 is 11.8 Å². The van der Waals surface area contributed by atoms with E-state index in [-0.39, 0.29) is 0 Å². The molecule has 0 aliphatic heterocycles. The Morgan fingerprint density at radius 2 is 2.00 bits per heavy atom. The van der Waals surface area contributed by atoms with Gasteiger partial charge in [0.1, 0.15) is 0 Å². The topological polar surface area (TPSA) is 64.4 Å². The van der Waals surface area contributed by atoms with E-state index in [9.17, 15) is 0 Å². The Kier molecular flexibility index (Phi) is 3.88. The van der Waals surface area contributed by atoms with Gasteiger partial charge in [0, 0.05) is 31.6 Å². The molecule has 1 rings (SSSR count). The molecular formula is C11H15N3. The third-order valence-electron chi connectivity index (χ3n) is 1.97. The first-order valence-electron chi connectivity index (χ1n) is 4.45. The minimum atomic E-state index is 0.559. The van der Waals surface area contributed by atoms with Crippen LogP contribution in [0.25, 0.3) is 5.57 Å². The molecule has 0 saturated heterocycles. The van der Waals surface area contributed by atoms with Gasteiger partial charge in [-0.15, -0.1) is 0 Å². The zero-order valence-corrected chi connectivity index (χ0v) is 8.27. The van der Waals surface area contributed by atoms with E-state index in [0.717, 1.165) is 16.7 Å². The summed E-state index contributed by atoms with van der Waals surface area (Å²) in [6.07, 6.45) is 3.28. The van der Waals surface area contributed by atoms with Gasteiger partial charge in [-0.05, 0) is 11.1 Å². The highest BCUT2D eigenvalue weighted by molar-refractivity contribution is 6.09. The lowest BCUT2D eigenvalue weighted by Gasteiger charge is -2.02. The molecule has 0 fully saturated rings. The van der Waals surface area contributed by atoms with Crippen molar-refractivity contribution < 1.29 is 0 Å². The zero-order valence-electron chi connectivity index (χ0n) is 8.27. The SMILES string of the molecule is CN=C/C(=C\N)c1ccc(CN)cc1. The van der Waals surface area contributed by atoms with Crippen molar-refractivity contribution in [2.45, 2.75) is 6.54 Å². The molecule has 0 aliphatic rings. The summed E-state index contributed by atoms with van der Waals surface area (Å²) in [7, 11) is 1.72. The van der Waals surface area contributed by atoms with Crippen molar-refractivity contribution in [3.05, 3.63) is 41.6 Å². The quantitative estimate of drug-likeness (QED) is 0.700. The number of nitrogens with two attached hydrogens (primary N) is 2. The number of allylic oxidation sites excluding steroid dienone is 1. The molecule has 0 aromatic heterocycles. The van der Waals surface area contributed by atoms with Crippen molar-refractivity contribution in [3.8, 4) is 0 Å². The summed E-state index contributed by atoms with van der Waals surface area (Å²) < 4.78 is 0. The fourth-order valence-corrected chi connectivity index (χ4v) is 1.19. The normalized spacial score (nSPS) is 12.3. The van der Waals surface area contributed by atoms with Crippen molar-refractivity contribution in [2.24, 2.45) is 16.5 Å². The highest BCUT2D eigenvalue weighted by atomic mass is 14.6. The smallest absolute Gasteiger partial charge is 0.0301 e. The molecule has 0 amide bonds. The number of hydrogen-bond acceptors (Lipinski definition) is 3. The molecule has 0 aliphatic carbocycles. The maximum Gasteiger partial charge on any atom is 0.0301 e. The van der Waals surface area contributed by atoms with Crippen molar-refractivity contribution in [3.63, 3.8) is 0 Å². The highest BCUT2D eigenvalue weighted by Gasteiger charge is 1.97.